The topological polar surface area (TPSA) is 71.2 Å². The third kappa shape index (κ3) is 2.52. The predicted octanol–water partition coefficient (Wildman–Crippen LogP) is 1.69. The molecular weight excluding hydrogens is 242 g/mol. The molecule has 19 heavy (non-hydrogen) atoms. The Morgan fingerprint density at radius 1 is 1.37 bits per heavy atom. The van der Waals surface area contributed by atoms with Gasteiger partial charge in [-0.1, -0.05) is 36.3 Å². The molecule has 2 heterocycles. The molecule has 3 rings (SSSR count). The van der Waals surface area contributed by atoms with Gasteiger partial charge in [0.15, 0.2) is 0 Å². The van der Waals surface area contributed by atoms with Gasteiger partial charge < -0.3 is 14.9 Å². The first-order valence-corrected chi connectivity index (χ1v) is 6.60. The molecule has 1 aliphatic heterocycles. The summed E-state index contributed by atoms with van der Waals surface area (Å²) in [7, 11) is 0. The fraction of sp³-hybridized carbons (Fsp3) is 0.429. The van der Waals surface area contributed by atoms with Crippen LogP contribution in [0, 0.1) is 0 Å². The van der Waals surface area contributed by atoms with E-state index in [1.54, 1.807) is 0 Å². The Kier molecular flexibility index (Phi) is 3.31. The number of aryl methyl sites for hydroxylation is 1. The SMILES string of the molecule is CCc1ccc(-c2noc([C@@H]3C[C@H](O)CN3)n2)cc1. The van der Waals surface area contributed by atoms with E-state index in [0.29, 0.717) is 24.7 Å². The van der Waals surface area contributed by atoms with Crippen LogP contribution < -0.4 is 5.32 Å². The Morgan fingerprint density at radius 3 is 2.79 bits per heavy atom. The number of benzene rings is 1. The largest absolute Gasteiger partial charge is 0.392 e. The van der Waals surface area contributed by atoms with Crippen LogP contribution in [-0.4, -0.2) is 27.9 Å². The Hall–Kier alpha value is -1.72. The number of aliphatic hydroxyl groups is 1. The van der Waals surface area contributed by atoms with Crippen LogP contribution in [0.25, 0.3) is 11.4 Å². The van der Waals surface area contributed by atoms with Crippen molar-refractivity contribution in [1.82, 2.24) is 15.5 Å². The number of rotatable bonds is 3. The molecule has 1 fully saturated rings. The van der Waals surface area contributed by atoms with Gasteiger partial charge in [0.05, 0.1) is 12.1 Å². The summed E-state index contributed by atoms with van der Waals surface area (Å²) < 4.78 is 5.27. The summed E-state index contributed by atoms with van der Waals surface area (Å²) in [5.41, 5.74) is 2.23. The molecule has 1 aliphatic rings. The third-order valence-corrected chi connectivity index (χ3v) is 3.47. The Bertz CT molecular complexity index is 550. The molecule has 1 aromatic heterocycles. The van der Waals surface area contributed by atoms with Crippen molar-refractivity contribution in [2.24, 2.45) is 0 Å². The maximum atomic E-state index is 9.49. The van der Waals surface area contributed by atoms with Crippen molar-refractivity contribution in [2.45, 2.75) is 31.9 Å². The molecule has 100 valence electrons. The maximum Gasteiger partial charge on any atom is 0.244 e. The van der Waals surface area contributed by atoms with E-state index in [2.05, 4.69) is 34.5 Å². The summed E-state index contributed by atoms with van der Waals surface area (Å²) in [4.78, 5) is 4.40. The van der Waals surface area contributed by atoms with Crippen LogP contribution in [0.3, 0.4) is 0 Å². The second-order valence-electron chi connectivity index (χ2n) is 4.86. The van der Waals surface area contributed by atoms with Crippen LogP contribution in [0.5, 0.6) is 0 Å². The average Bonchev–Trinajstić information content (AvgIpc) is 3.07. The van der Waals surface area contributed by atoms with Crippen molar-refractivity contribution >= 4 is 0 Å². The lowest BCUT2D eigenvalue weighted by atomic mass is 10.1. The van der Waals surface area contributed by atoms with Gasteiger partial charge in [0.1, 0.15) is 0 Å². The molecule has 0 radical (unpaired) electrons. The average molecular weight is 259 g/mol. The number of aliphatic hydroxyl groups excluding tert-OH is 1. The molecule has 5 heteroatoms. The van der Waals surface area contributed by atoms with Gasteiger partial charge in [0, 0.05) is 12.1 Å². The highest BCUT2D eigenvalue weighted by Gasteiger charge is 2.28. The summed E-state index contributed by atoms with van der Waals surface area (Å²) >= 11 is 0. The maximum absolute atomic E-state index is 9.49. The van der Waals surface area contributed by atoms with Gasteiger partial charge in [0.25, 0.3) is 0 Å². The van der Waals surface area contributed by atoms with Gasteiger partial charge in [-0.15, -0.1) is 0 Å². The number of aromatic nitrogens is 2. The van der Waals surface area contributed by atoms with Crippen molar-refractivity contribution in [1.29, 1.82) is 0 Å². The molecule has 0 amide bonds. The summed E-state index contributed by atoms with van der Waals surface area (Å²) in [5.74, 6) is 1.15. The van der Waals surface area contributed by atoms with Crippen molar-refractivity contribution in [3.05, 3.63) is 35.7 Å². The molecule has 1 saturated heterocycles. The molecular formula is C14H17N3O2. The highest BCUT2D eigenvalue weighted by Crippen LogP contribution is 2.24. The van der Waals surface area contributed by atoms with Crippen LogP contribution in [0.15, 0.2) is 28.8 Å². The Labute approximate surface area is 111 Å². The lowest BCUT2D eigenvalue weighted by Crippen LogP contribution is -2.15. The van der Waals surface area contributed by atoms with Gasteiger partial charge in [-0.05, 0) is 18.4 Å². The van der Waals surface area contributed by atoms with E-state index in [9.17, 15) is 5.11 Å². The van der Waals surface area contributed by atoms with Gasteiger partial charge in [-0.2, -0.15) is 4.98 Å². The number of nitrogens with one attached hydrogen (secondary N) is 1. The second-order valence-corrected chi connectivity index (χ2v) is 4.86. The zero-order valence-electron chi connectivity index (χ0n) is 10.8. The third-order valence-electron chi connectivity index (χ3n) is 3.47. The summed E-state index contributed by atoms with van der Waals surface area (Å²) in [6.45, 7) is 2.70. The van der Waals surface area contributed by atoms with E-state index in [0.717, 1.165) is 12.0 Å². The van der Waals surface area contributed by atoms with E-state index in [1.807, 2.05) is 12.1 Å². The zero-order chi connectivity index (χ0) is 13.2. The second kappa shape index (κ2) is 5.11. The molecule has 1 aromatic carbocycles. The number of nitrogens with zero attached hydrogens (tertiary/aromatic N) is 2. The molecule has 0 bridgehead atoms. The van der Waals surface area contributed by atoms with Crippen molar-refractivity contribution in [3.8, 4) is 11.4 Å². The van der Waals surface area contributed by atoms with E-state index < -0.39 is 0 Å². The van der Waals surface area contributed by atoms with Crippen molar-refractivity contribution < 1.29 is 9.63 Å². The van der Waals surface area contributed by atoms with Gasteiger partial charge in [0.2, 0.25) is 11.7 Å². The minimum atomic E-state index is -0.329. The molecule has 2 N–H and O–H groups in total. The highest BCUT2D eigenvalue weighted by atomic mass is 16.5. The van der Waals surface area contributed by atoms with E-state index >= 15 is 0 Å². The highest BCUT2D eigenvalue weighted by molar-refractivity contribution is 5.54. The van der Waals surface area contributed by atoms with Crippen molar-refractivity contribution in [2.75, 3.05) is 6.54 Å². The summed E-state index contributed by atoms with van der Waals surface area (Å²) in [6, 6.07) is 8.12. The number of hydrogen-bond acceptors (Lipinski definition) is 5. The molecule has 0 aliphatic carbocycles. The lowest BCUT2D eigenvalue weighted by molar-refractivity contribution is 0.191. The quantitative estimate of drug-likeness (QED) is 0.877. The van der Waals surface area contributed by atoms with Gasteiger partial charge >= 0.3 is 0 Å². The molecule has 0 spiro atoms. The van der Waals surface area contributed by atoms with Crippen molar-refractivity contribution in [3.63, 3.8) is 0 Å². The Balaban J connectivity index is 1.80. The lowest BCUT2D eigenvalue weighted by Gasteiger charge is -2.01. The first kappa shape index (κ1) is 12.3. The van der Waals surface area contributed by atoms with E-state index in [4.69, 9.17) is 4.52 Å². The first-order valence-electron chi connectivity index (χ1n) is 6.60. The minimum absolute atomic E-state index is 0.0360. The minimum Gasteiger partial charge on any atom is -0.392 e. The van der Waals surface area contributed by atoms with E-state index in [-0.39, 0.29) is 12.1 Å². The normalized spacial score (nSPS) is 22.8. The first-order chi connectivity index (χ1) is 9.26. The summed E-state index contributed by atoms with van der Waals surface area (Å²) in [6.07, 6.45) is 1.31. The zero-order valence-corrected chi connectivity index (χ0v) is 10.8. The van der Waals surface area contributed by atoms with Gasteiger partial charge in [-0.25, -0.2) is 0 Å². The van der Waals surface area contributed by atoms with E-state index in [1.165, 1.54) is 5.56 Å². The predicted molar refractivity (Wildman–Crippen MR) is 70.5 cm³/mol. The summed E-state index contributed by atoms with van der Waals surface area (Å²) in [5, 5.41) is 16.7. The number of hydrogen-bond donors (Lipinski definition) is 2. The molecule has 5 nitrogen and oxygen atoms in total. The molecule has 2 atom stereocenters. The molecule has 0 unspecified atom stereocenters. The van der Waals surface area contributed by atoms with Crippen LogP contribution in [-0.2, 0) is 6.42 Å². The van der Waals surface area contributed by atoms with Crippen LogP contribution in [0.4, 0.5) is 0 Å². The molecule has 0 saturated carbocycles. The van der Waals surface area contributed by atoms with Crippen LogP contribution in [0.2, 0.25) is 0 Å². The van der Waals surface area contributed by atoms with Crippen LogP contribution in [0.1, 0.15) is 30.8 Å². The standard InChI is InChI=1S/C14H17N3O2/c1-2-9-3-5-10(6-4-9)13-16-14(19-17-13)12-7-11(18)8-15-12/h3-6,11-12,15,18H,2,7-8H2,1H3/t11-,12-/m0/s1. The van der Waals surface area contributed by atoms with Gasteiger partial charge in [-0.3, -0.25) is 0 Å². The monoisotopic (exact) mass is 259 g/mol. The smallest absolute Gasteiger partial charge is 0.244 e. The fourth-order valence-corrected chi connectivity index (χ4v) is 2.29. The fourth-order valence-electron chi connectivity index (χ4n) is 2.29. The molecule has 2 aromatic rings. The van der Waals surface area contributed by atoms with Crippen LogP contribution >= 0.6 is 0 Å². The Morgan fingerprint density at radius 2 is 2.16 bits per heavy atom. The number of β-amino-alcohol motifs (C(OH)–C–C–N with tert-alkyl or cyclic N) is 1.